The number of benzene rings is 1. The first-order valence-electron chi connectivity index (χ1n) is 7.02. The fourth-order valence-electron chi connectivity index (χ4n) is 3.88. The van der Waals surface area contributed by atoms with Gasteiger partial charge in [0.15, 0.2) is 11.5 Å². The van der Waals surface area contributed by atoms with Crippen molar-refractivity contribution in [1.82, 2.24) is 0 Å². The Labute approximate surface area is 107 Å². The van der Waals surface area contributed by atoms with Crippen molar-refractivity contribution in [3.05, 3.63) is 18.2 Å². The summed E-state index contributed by atoms with van der Waals surface area (Å²) in [5, 5.41) is 3.57. The van der Waals surface area contributed by atoms with E-state index in [1.807, 2.05) is 6.07 Å². The van der Waals surface area contributed by atoms with Crippen molar-refractivity contribution < 1.29 is 9.47 Å². The first-order chi connectivity index (χ1) is 8.88. The smallest absolute Gasteiger partial charge is 0.231 e. The van der Waals surface area contributed by atoms with E-state index in [0.29, 0.717) is 6.79 Å². The molecule has 1 heterocycles. The summed E-state index contributed by atoms with van der Waals surface area (Å²) in [6, 6.07) is 6.13. The molecule has 3 heteroatoms. The largest absolute Gasteiger partial charge is 0.454 e. The molecular formula is C15H19NO2. The van der Waals surface area contributed by atoms with Gasteiger partial charge in [0.2, 0.25) is 6.79 Å². The van der Waals surface area contributed by atoms with Crippen LogP contribution in [0.4, 0.5) is 5.69 Å². The lowest BCUT2D eigenvalue weighted by Gasteiger charge is -2.22. The molecule has 3 nitrogen and oxygen atoms in total. The molecule has 18 heavy (non-hydrogen) atoms. The summed E-state index contributed by atoms with van der Waals surface area (Å²) >= 11 is 0. The van der Waals surface area contributed by atoms with Gasteiger partial charge in [-0.25, -0.2) is 0 Å². The molecule has 2 fully saturated rings. The van der Waals surface area contributed by atoms with Crippen molar-refractivity contribution in [3.8, 4) is 11.5 Å². The van der Waals surface area contributed by atoms with Gasteiger partial charge in [0, 0.05) is 18.3 Å². The van der Waals surface area contributed by atoms with E-state index in [-0.39, 0.29) is 0 Å². The molecule has 2 bridgehead atoms. The van der Waals surface area contributed by atoms with Crippen molar-refractivity contribution in [2.45, 2.75) is 25.7 Å². The van der Waals surface area contributed by atoms with Crippen molar-refractivity contribution in [2.75, 3.05) is 18.7 Å². The topological polar surface area (TPSA) is 30.5 Å². The molecule has 1 N–H and O–H groups in total. The van der Waals surface area contributed by atoms with E-state index in [1.165, 1.54) is 25.7 Å². The zero-order valence-corrected chi connectivity index (χ0v) is 10.5. The minimum Gasteiger partial charge on any atom is -0.454 e. The molecule has 1 aromatic carbocycles. The summed E-state index contributed by atoms with van der Waals surface area (Å²) in [5.41, 5.74) is 1.15. The number of anilines is 1. The van der Waals surface area contributed by atoms with Gasteiger partial charge in [0.05, 0.1) is 0 Å². The van der Waals surface area contributed by atoms with E-state index >= 15 is 0 Å². The molecule has 4 rings (SSSR count). The van der Waals surface area contributed by atoms with Crippen LogP contribution in [0.15, 0.2) is 18.2 Å². The molecule has 0 radical (unpaired) electrons. The highest BCUT2D eigenvalue weighted by molar-refractivity contribution is 5.55. The van der Waals surface area contributed by atoms with Crippen molar-refractivity contribution >= 4 is 5.69 Å². The van der Waals surface area contributed by atoms with Crippen LogP contribution >= 0.6 is 0 Å². The first kappa shape index (κ1) is 10.5. The highest BCUT2D eigenvalue weighted by Gasteiger charge is 2.39. The molecule has 3 unspecified atom stereocenters. The van der Waals surface area contributed by atoms with Gasteiger partial charge in [-0.1, -0.05) is 6.42 Å². The molecular weight excluding hydrogens is 226 g/mol. The predicted molar refractivity (Wildman–Crippen MR) is 70.0 cm³/mol. The first-order valence-corrected chi connectivity index (χ1v) is 7.02. The van der Waals surface area contributed by atoms with E-state index in [4.69, 9.17) is 9.47 Å². The third kappa shape index (κ3) is 1.73. The van der Waals surface area contributed by atoms with Gasteiger partial charge in [-0.05, 0) is 49.1 Å². The maximum absolute atomic E-state index is 5.40. The number of ether oxygens (including phenoxy) is 2. The van der Waals surface area contributed by atoms with Gasteiger partial charge in [0.1, 0.15) is 0 Å². The van der Waals surface area contributed by atoms with Crippen LogP contribution in [0.25, 0.3) is 0 Å². The minimum absolute atomic E-state index is 0.352. The molecule has 0 aromatic heterocycles. The molecule has 2 aliphatic carbocycles. The monoisotopic (exact) mass is 245 g/mol. The maximum atomic E-state index is 5.40. The number of hydrogen-bond acceptors (Lipinski definition) is 3. The number of rotatable bonds is 3. The maximum Gasteiger partial charge on any atom is 0.231 e. The fourth-order valence-corrected chi connectivity index (χ4v) is 3.88. The van der Waals surface area contributed by atoms with E-state index in [9.17, 15) is 0 Å². The number of fused-ring (bicyclic) bond motifs is 3. The lowest BCUT2D eigenvalue weighted by atomic mass is 9.89. The molecule has 0 amide bonds. The zero-order chi connectivity index (χ0) is 11.9. The van der Waals surface area contributed by atoms with Crippen molar-refractivity contribution in [2.24, 2.45) is 17.8 Å². The average molecular weight is 245 g/mol. The van der Waals surface area contributed by atoms with Crippen LogP contribution < -0.4 is 14.8 Å². The molecule has 2 saturated carbocycles. The third-order valence-electron chi connectivity index (χ3n) is 4.83. The molecule has 96 valence electrons. The van der Waals surface area contributed by atoms with Crippen molar-refractivity contribution in [1.29, 1.82) is 0 Å². The van der Waals surface area contributed by atoms with Crippen LogP contribution in [0.1, 0.15) is 25.7 Å². The predicted octanol–water partition coefficient (Wildman–Crippen LogP) is 3.26. The summed E-state index contributed by atoms with van der Waals surface area (Å²) in [6.07, 6.45) is 5.85. The molecule has 3 atom stereocenters. The normalized spacial score (nSPS) is 31.9. The Morgan fingerprint density at radius 1 is 1.11 bits per heavy atom. The molecule has 1 aliphatic heterocycles. The highest BCUT2D eigenvalue weighted by atomic mass is 16.7. The van der Waals surface area contributed by atoms with Gasteiger partial charge in [-0.15, -0.1) is 0 Å². The SMILES string of the molecule is c1cc2c(cc1NCC1CC3CCC1C3)OCO2. The van der Waals surface area contributed by atoms with Gasteiger partial charge in [0.25, 0.3) is 0 Å². The van der Waals surface area contributed by atoms with Crippen LogP contribution in [0.3, 0.4) is 0 Å². The van der Waals surface area contributed by atoms with Gasteiger partial charge in [-0.2, -0.15) is 0 Å². The van der Waals surface area contributed by atoms with Crippen LogP contribution in [0, 0.1) is 17.8 Å². The molecule has 3 aliphatic rings. The van der Waals surface area contributed by atoms with Gasteiger partial charge in [-0.3, -0.25) is 0 Å². The Bertz CT molecular complexity index is 460. The summed E-state index contributed by atoms with van der Waals surface area (Å²) < 4.78 is 10.7. The quantitative estimate of drug-likeness (QED) is 0.886. The average Bonchev–Trinajstić information content (AvgIpc) is 3.11. The summed E-state index contributed by atoms with van der Waals surface area (Å²) in [7, 11) is 0. The van der Waals surface area contributed by atoms with Crippen LogP contribution in [0.5, 0.6) is 11.5 Å². The Kier molecular flexibility index (Phi) is 2.39. The lowest BCUT2D eigenvalue weighted by Crippen LogP contribution is -2.20. The van der Waals surface area contributed by atoms with E-state index < -0.39 is 0 Å². The second kappa shape index (κ2) is 4.08. The van der Waals surface area contributed by atoms with Gasteiger partial charge >= 0.3 is 0 Å². The lowest BCUT2D eigenvalue weighted by molar-refractivity contribution is 0.174. The van der Waals surface area contributed by atoms with Crippen molar-refractivity contribution in [3.63, 3.8) is 0 Å². The fraction of sp³-hybridized carbons (Fsp3) is 0.600. The Morgan fingerprint density at radius 3 is 2.89 bits per heavy atom. The number of nitrogens with one attached hydrogen (secondary N) is 1. The van der Waals surface area contributed by atoms with E-state index in [2.05, 4.69) is 17.4 Å². The van der Waals surface area contributed by atoms with Crippen LogP contribution in [-0.4, -0.2) is 13.3 Å². The standard InChI is InChI=1S/C15H19NO2/c1-2-11-5-10(1)6-12(11)8-16-13-3-4-14-15(7-13)18-9-17-14/h3-4,7,10-12,16H,1-2,5-6,8-9H2. The Balaban J connectivity index is 1.40. The molecule has 0 saturated heterocycles. The van der Waals surface area contributed by atoms with E-state index in [1.54, 1.807) is 0 Å². The van der Waals surface area contributed by atoms with Crippen LogP contribution in [-0.2, 0) is 0 Å². The van der Waals surface area contributed by atoms with Gasteiger partial charge < -0.3 is 14.8 Å². The summed E-state index contributed by atoms with van der Waals surface area (Å²) in [4.78, 5) is 0. The second-order valence-electron chi connectivity index (χ2n) is 5.88. The second-order valence-corrected chi connectivity index (χ2v) is 5.88. The zero-order valence-electron chi connectivity index (χ0n) is 10.5. The Hall–Kier alpha value is -1.38. The summed E-state index contributed by atoms with van der Waals surface area (Å²) in [6.45, 7) is 1.46. The minimum atomic E-state index is 0.352. The highest BCUT2D eigenvalue weighted by Crippen LogP contribution is 2.48. The summed E-state index contributed by atoms with van der Waals surface area (Å²) in [5.74, 6) is 4.62. The Morgan fingerprint density at radius 2 is 2.06 bits per heavy atom. The third-order valence-corrected chi connectivity index (χ3v) is 4.83. The van der Waals surface area contributed by atoms with Crippen LogP contribution in [0.2, 0.25) is 0 Å². The van der Waals surface area contributed by atoms with E-state index in [0.717, 1.165) is 41.5 Å². The number of hydrogen-bond donors (Lipinski definition) is 1. The molecule has 1 aromatic rings. The molecule has 0 spiro atoms.